The zero-order chi connectivity index (χ0) is 19.0. The molecule has 1 aromatic carbocycles. The van der Waals surface area contributed by atoms with E-state index in [0.29, 0.717) is 25.4 Å². The summed E-state index contributed by atoms with van der Waals surface area (Å²) in [4.78, 5) is 25.2. The lowest BCUT2D eigenvalue weighted by atomic mass is 10.1. The molecule has 0 aromatic heterocycles. The third-order valence-corrected chi connectivity index (χ3v) is 4.67. The normalized spacial score (nSPS) is 11.4. The maximum Gasteiger partial charge on any atom is 0.239 e. The SMILES string of the molecule is CC(=O)N(CCC(C)C)CC(=O)NCCc1ccc(S(N)(=O)=O)cc1. The molecule has 140 valence electrons. The average Bonchev–Trinajstić information content (AvgIpc) is 2.50. The largest absolute Gasteiger partial charge is 0.354 e. The highest BCUT2D eigenvalue weighted by Gasteiger charge is 2.13. The van der Waals surface area contributed by atoms with Gasteiger partial charge in [-0.2, -0.15) is 0 Å². The maximum absolute atomic E-state index is 12.0. The topological polar surface area (TPSA) is 110 Å². The number of sulfonamides is 1. The van der Waals surface area contributed by atoms with Gasteiger partial charge in [0.25, 0.3) is 0 Å². The number of nitrogens with one attached hydrogen (secondary N) is 1. The number of nitrogens with zero attached hydrogens (tertiary/aromatic N) is 1. The molecule has 0 unspecified atom stereocenters. The fourth-order valence-electron chi connectivity index (χ4n) is 2.18. The summed E-state index contributed by atoms with van der Waals surface area (Å²) in [7, 11) is -3.69. The first-order valence-electron chi connectivity index (χ1n) is 8.23. The number of benzene rings is 1. The average molecular weight is 369 g/mol. The highest BCUT2D eigenvalue weighted by molar-refractivity contribution is 7.89. The molecular weight excluding hydrogens is 342 g/mol. The molecule has 1 aromatic rings. The van der Waals surface area contributed by atoms with Crippen LogP contribution in [0.1, 0.15) is 32.8 Å². The first-order chi connectivity index (χ1) is 11.6. The van der Waals surface area contributed by atoms with Crippen LogP contribution < -0.4 is 10.5 Å². The van der Waals surface area contributed by atoms with Crippen LogP contribution >= 0.6 is 0 Å². The molecule has 25 heavy (non-hydrogen) atoms. The number of rotatable bonds is 9. The van der Waals surface area contributed by atoms with Crippen molar-refractivity contribution in [3.05, 3.63) is 29.8 Å². The Morgan fingerprint density at radius 3 is 2.28 bits per heavy atom. The fourth-order valence-corrected chi connectivity index (χ4v) is 2.70. The lowest BCUT2D eigenvalue weighted by Gasteiger charge is -2.21. The van der Waals surface area contributed by atoms with Gasteiger partial charge in [-0.15, -0.1) is 0 Å². The molecule has 0 spiro atoms. The smallest absolute Gasteiger partial charge is 0.239 e. The van der Waals surface area contributed by atoms with Gasteiger partial charge in [-0.1, -0.05) is 26.0 Å². The lowest BCUT2D eigenvalue weighted by Crippen LogP contribution is -2.41. The van der Waals surface area contributed by atoms with E-state index in [1.807, 2.05) is 0 Å². The van der Waals surface area contributed by atoms with Crippen LogP contribution in [-0.2, 0) is 26.0 Å². The van der Waals surface area contributed by atoms with Crippen LogP contribution in [0.3, 0.4) is 0 Å². The van der Waals surface area contributed by atoms with Gasteiger partial charge in [-0.05, 0) is 36.5 Å². The minimum Gasteiger partial charge on any atom is -0.354 e. The number of carbonyl (C=O) groups excluding carboxylic acids is 2. The van der Waals surface area contributed by atoms with Gasteiger partial charge in [0.2, 0.25) is 21.8 Å². The first-order valence-corrected chi connectivity index (χ1v) is 9.78. The summed E-state index contributed by atoms with van der Waals surface area (Å²) >= 11 is 0. The van der Waals surface area contributed by atoms with Crippen LogP contribution in [0.5, 0.6) is 0 Å². The summed E-state index contributed by atoms with van der Waals surface area (Å²) < 4.78 is 22.4. The Morgan fingerprint density at radius 2 is 1.80 bits per heavy atom. The molecular formula is C17H27N3O4S. The number of nitrogens with two attached hydrogens (primary N) is 1. The van der Waals surface area contributed by atoms with Crippen molar-refractivity contribution in [2.24, 2.45) is 11.1 Å². The van der Waals surface area contributed by atoms with Gasteiger partial charge in [0.1, 0.15) is 0 Å². The molecule has 0 aliphatic rings. The predicted octanol–water partition coefficient (Wildman–Crippen LogP) is 0.887. The fraction of sp³-hybridized carbons (Fsp3) is 0.529. The third kappa shape index (κ3) is 8.13. The van der Waals surface area contributed by atoms with Gasteiger partial charge in [0.05, 0.1) is 11.4 Å². The van der Waals surface area contributed by atoms with Gasteiger partial charge in [0, 0.05) is 20.0 Å². The van der Waals surface area contributed by atoms with Crippen LogP contribution in [0, 0.1) is 5.92 Å². The van der Waals surface area contributed by atoms with Crippen LogP contribution in [0.2, 0.25) is 0 Å². The molecule has 8 heteroatoms. The van der Waals surface area contributed by atoms with Gasteiger partial charge < -0.3 is 10.2 Å². The molecule has 0 aliphatic heterocycles. The van der Waals surface area contributed by atoms with E-state index >= 15 is 0 Å². The highest BCUT2D eigenvalue weighted by Crippen LogP contribution is 2.09. The van der Waals surface area contributed by atoms with Crippen molar-refractivity contribution in [3.63, 3.8) is 0 Å². The zero-order valence-corrected chi connectivity index (χ0v) is 15.8. The molecule has 0 fully saturated rings. The summed E-state index contributed by atoms with van der Waals surface area (Å²) in [5, 5.41) is 7.82. The molecule has 7 nitrogen and oxygen atoms in total. The van der Waals surface area contributed by atoms with E-state index in [1.54, 1.807) is 12.1 Å². The number of amides is 2. The Balaban J connectivity index is 2.44. The number of carbonyl (C=O) groups is 2. The van der Waals surface area contributed by atoms with Crippen LogP contribution in [0.4, 0.5) is 0 Å². The standard InChI is InChI=1S/C17H27N3O4S/c1-13(2)9-11-20(14(3)21)12-17(22)19-10-8-15-4-6-16(7-5-15)25(18,23)24/h4-7,13H,8-12H2,1-3H3,(H,19,22)(H2,18,23,24). The zero-order valence-electron chi connectivity index (χ0n) is 15.0. The quantitative estimate of drug-likeness (QED) is 0.673. The monoisotopic (exact) mass is 369 g/mol. The van der Waals surface area contributed by atoms with Crippen molar-refractivity contribution < 1.29 is 18.0 Å². The van der Waals surface area contributed by atoms with Gasteiger partial charge in [0.15, 0.2) is 0 Å². The molecule has 1 rings (SSSR count). The summed E-state index contributed by atoms with van der Waals surface area (Å²) in [5.41, 5.74) is 0.885. The van der Waals surface area contributed by atoms with Gasteiger partial charge in [-0.25, -0.2) is 13.6 Å². The molecule has 0 atom stereocenters. The van der Waals surface area contributed by atoms with Crippen molar-refractivity contribution in [2.45, 2.75) is 38.5 Å². The van der Waals surface area contributed by atoms with Crippen molar-refractivity contribution in [1.29, 1.82) is 0 Å². The van der Waals surface area contributed by atoms with E-state index < -0.39 is 10.0 Å². The minimum atomic E-state index is -3.69. The Bertz CT molecular complexity index is 684. The molecule has 0 aliphatic carbocycles. The van der Waals surface area contributed by atoms with Crippen LogP contribution in [-0.4, -0.2) is 44.8 Å². The predicted molar refractivity (Wildman–Crippen MR) is 96.2 cm³/mol. The summed E-state index contributed by atoms with van der Waals surface area (Å²) in [6, 6.07) is 6.21. The van der Waals surface area contributed by atoms with E-state index in [1.165, 1.54) is 24.0 Å². The van der Waals surface area contributed by atoms with E-state index in [4.69, 9.17) is 5.14 Å². The van der Waals surface area contributed by atoms with Gasteiger partial charge >= 0.3 is 0 Å². The maximum atomic E-state index is 12.0. The number of primary sulfonamides is 1. The first kappa shape index (κ1) is 21.1. The van der Waals surface area contributed by atoms with Crippen molar-refractivity contribution >= 4 is 21.8 Å². The summed E-state index contributed by atoms with van der Waals surface area (Å²) in [6.45, 7) is 6.62. The third-order valence-electron chi connectivity index (χ3n) is 3.74. The Morgan fingerprint density at radius 1 is 1.20 bits per heavy atom. The molecule has 0 radical (unpaired) electrons. The second-order valence-corrected chi connectivity index (χ2v) is 7.97. The second-order valence-electron chi connectivity index (χ2n) is 6.41. The summed E-state index contributed by atoms with van der Waals surface area (Å²) in [5.74, 6) is 0.139. The van der Waals surface area contributed by atoms with Gasteiger partial charge in [-0.3, -0.25) is 9.59 Å². The molecule has 3 N–H and O–H groups in total. The van der Waals surface area contributed by atoms with Crippen LogP contribution in [0.25, 0.3) is 0 Å². The van der Waals surface area contributed by atoms with E-state index in [0.717, 1.165) is 12.0 Å². The molecule has 0 bridgehead atoms. The lowest BCUT2D eigenvalue weighted by molar-refractivity contribution is -0.134. The highest BCUT2D eigenvalue weighted by atomic mass is 32.2. The van der Waals surface area contributed by atoms with Crippen LogP contribution in [0.15, 0.2) is 29.2 Å². The Hall–Kier alpha value is -1.93. The second kappa shape index (κ2) is 9.53. The van der Waals surface area contributed by atoms with E-state index in [2.05, 4.69) is 19.2 Å². The van der Waals surface area contributed by atoms with E-state index in [9.17, 15) is 18.0 Å². The molecule has 0 saturated heterocycles. The van der Waals surface area contributed by atoms with Crippen molar-refractivity contribution in [1.82, 2.24) is 10.2 Å². The summed E-state index contributed by atoms with van der Waals surface area (Å²) in [6.07, 6.45) is 1.41. The van der Waals surface area contributed by atoms with Crippen molar-refractivity contribution in [3.8, 4) is 0 Å². The minimum absolute atomic E-state index is 0.0480. The number of hydrogen-bond donors (Lipinski definition) is 2. The number of hydrogen-bond acceptors (Lipinski definition) is 4. The molecule has 2 amide bonds. The molecule has 0 heterocycles. The molecule has 0 saturated carbocycles. The van der Waals surface area contributed by atoms with E-state index in [-0.39, 0.29) is 23.3 Å². The Kier molecular flexibility index (Phi) is 8.05. The Labute approximate surface area is 149 Å². The van der Waals surface area contributed by atoms with Crippen molar-refractivity contribution in [2.75, 3.05) is 19.6 Å².